The predicted octanol–water partition coefficient (Wildman–Crippen LogP) is 4.65. The number of anilines is 5. The number of hydrogen-bond acceptors (Lipinski definition) is 9. The fourth-order valence-corrected chi connectivity index (χ4v) is 4.36. The van der Waals surface area contributed by atoms with Gasteiger partial charge in [0.1, 0.15) is 17.3 Å². The molecule has 1 fully saturated rings. The second-order valence-electron chi connectivity index (χ2n) is 9.17. The van der Waals surface area contributed by atoms with E-state index in [-0.39, 0.29) is 0 Å². The van der Waals surface area contributed by atoms with Crippen molar-refractivity contribution >= 4 is 29.0 Å². The third kappa shape index (κ3) is 5.75. The number of aryl methyl sites for hydroxylation is 1. The summed E-state index contributed by atoms with van der Waals surface area (Å²) < 4.78 is 0. The molecule has 0 spiro atoms. The molecule has 184 valence electrons. The van der Waals surface area contributed by atoms with E-state index < -0.39 is 0 Å². The number of hydrogen-bond donors (Lipinski definition) is 2. The van der Waals surface area contributed by atoms with Crippen molar-refractivity contribution in [1.82, 2.24) is 29.8 Å². The molecule has 0 saturated carbocycles. The van der Waals surface area contributed by atoms with E-state index in [0.717, 1.165) is 30.2 Å². The molecule has 0 amide bonds. The van der Waals surface area contributed by atoms with Gasteiger partial charge in [0.25, 0.3) is 0 Å². The van der Waals surface area contributed by atoms with Crippen molar-refractivity contribution < 1.29 is 0 Å². The van der Waals surface area contributed by atoms with Crippen molar-refractivity contribution in [2.75, 3.05) is 42.7 Å². The summed E-state index contributed by atoms with van der Waals surface area (Å²) in [5, 5.41) is 6.53. The number of benzene rings is 1. The first-order valence-corrected chi connectivity index (χ1v) is 12.2. The lowest BCUT2D eigenvalue weighted by atomic mass is 10.0. The van der Waals surface area contributed by atoms with Gasteiger partial charge in [0.05, 0.1) is 0 Å². The molecule has 4 heterocycles. The topological polar surface area (TPSA) is 95.0 Å². The minimum absolute atomic E-state index is 0.508. The Labute approximate surface area is 211 Å². The Morgan fingerprint density at radius 2 is 1.53 bits per heavy atom. The highest BCUT2D eigenvalue weighted by molar-refractivity contribution is 5.61. The smallest absolute Gasteiger partial charge is 0.229 e. The summed E-state index contributed by atoms with van der Waals surface area (Å²) in [6, 6.07) is 18.5. The summed E-state index contributed by atoms with van der Waals surface area (Å²) in [4.78, 5) is 27.2. The standard InChI is InChI=1S/C27H31N9/c1-19-5-4-6-23(30-19)26-28-15-11-24(33-26)32-25-12-16-29-27(34-25)31-20-7-9-22(10-8-20)36-17-13-21(14-18-36)35(2)3/h4-12,15-16,21H,13-14,17-18H2,1-3H3,(H2,28,29,31,32,33,34). The summed E-state index contributed by atoms with van der Waals surface area (Å²) in [5.74, 6) is 2.33. The van der Waals surface area contributed by atoms with Crippen molar-refractivity contribution in [1.29, 1.82) is 0 Å². The molecule has 0 bridgehead atoms. The molecule has 3 aromatic heterocycles. The molecule has 0 radical (unpaired) electrons. The minimum Gasteiger partial charge on any atom is -0.371 e. The van der Waals surface area contributed by atoms with Gasteiger partial charge in [-0.1, -0.05) is 6.07 Å². The maximum Gasteiger partial charge on any atom is 0.229 e. The molecule has 1 aromatic carbocycles. The van der Waals surface area contributed by atoms with Crippen LogP contribution in [0.5, 0.6) is 0 Å². The van der Waals surface area contributed by atoms with Gasteiger partial charge >= 0.3 is 0 Å². The van der Waals surface area contributed by atoms with Crippen LogP contribution in [0.25, 0.3) is 11.5 Å². The Balaban J connectivity index is 1.23. The van der Waals surface area contributed by atoms with Crippen molar-refractivity contribution in [2.45, 2.75) is 25.8 Å². The Kier molecular flexibility index (Phi) is 6.99. The molecule has 2 N–H and O–H groups in total. The van der Waals surface area contributed by atoms with Crippen molar-refractivity contribution in [3.63, 3.8) is 0 Å². The van der Waals surface area contributed by atoms with E-state index in [1.807, 2.05) is 25.1 Å². The Bertz CT molecular complexity index is 1300. The van der Waals surface area contributed by atoms with E-state index in [0.29, 0.717) is 29.5 Å². The van der Waals surface area contributed by atoms with Gasteiger partial charge in [0.2, 0.25) is 5.95 Å². The van der Waals surface area contributed by atoms with Crippen LogP contribution in [0.15, 0.2) is 67.0 Å². The van der Waals surface area contributed by atoms with E-state index in [2.05, 4.69) is 83.7 Å². The van der Waals surface area contributed by atoms with Gasteiger partial charge in [-0.05, 0) is 82.4 Å². The second kappa shape index (κ2) is 10.7. The predicted molar refractivity (Wildman–Crippen MR) is 144 cm³/mol. The number of nitrogens with one attached hydrogen (secondary N) is 2. The van der Waals surface area contributed by atoms with Crippen molar-refractivity contribution in [3.8, 4) is 11.5 Å². The molecule has 36 heavy (non-hydrogen) atoms. The quantitative estimate of drug-likeness (QED) is 0.391. The molecule has 1 saturated heterocycles. The van der Waals surface area contributed by atoms with E-state index in [1.54, 1.807) is 24.5 Å². The highest BCUT2D eigenvalue weighted by atomic mass is 15.2. The fraction of sp³-hybridized carbons (Fsp3) is 0.296. The maximum absolute atomic E-state index is 4.59. The van der Waals surface area contributed by atoms with Crippen LogP contribution >= 0.6 is 0 Å². The maximum atomic E-state index is 4.59. The highest BCUT2D eigenvalue weighted by Gasteiger charge is 2.20. The molecule has 0 aliphatic carbocycles. The number of piperidine rings is 1. The minimum atomic E-state index is 0.508. The molecule has 0 atom stereocenters. The third-order valence-corrected chi connectivity index (χ3v) is 6.37. The van der Waals surface area contributed by atoms with Crippen LogP contribution in [-0.4, -0.2) is 63.0 Å². The number of nitrogens with zero attached hydrogens (tertiary/aromatic N) is 7. The van der Waals surface area contributed by atoms with Crippen LogP contribution in [0.1, 0.15) is 18.5 Å². The van der Waals surface area contributed by atoms with Crippen LogP contribution < -0.4 is 15.5 Å². The van der Waals surface area contributed by atoms with Gasteiger partial charge in [-0.15, -0.1) is 0 Å². The third-order valence-electron chi connectivity index (χ3n) is 6.37. The first-order valence-electron chi connectivity index (χ1n) is 12.2. The van der Waals surface area contributed by atoms with Crippen LogP contribution in [0.3, 0.4) is 0 Å². The lowest BCUT2D eigenvalue weighted by Gasteiger charge is -2.36. The SMILES string of the molecule is Cc1cccc(-c2nccc(Nc3ccnc(Nc4ccc(N5CCC(N(C)C)CC5)cc4)n3)n2)n1. The summed E-state index contributed by atoms with van der Waals surface area (Å²) in [6.45, 7) is 4.11. The molecule has 5 rings (SSSR count). The van der Waals surface area contributed by atoms with Crippen molar-refractivity contribution in [2.24, 2.45) is 0 Å². The van der Waals surface area contributed by atoms with Gasteiger partial charge in [0, 0.05) is 48.6 Å². The van der Waals surface area contributed by atoms with Gasteiger partial charge in [-0.3, -0.25) is 0 Å². The van der Waals surface area contributed by atoms with E-state index in [4.69, 9.17) is 0 Å². The summed E-state index contributed by atoms with van der Waals surface area (Å²) >= 11 is 0. The normalized spacial score (nSPS) is 14.2. The molecule has 0 unspecified atom stereocenters. The zero-order valence-corrected chi connectivity index (χ0v) is 20.9. The largest absolute Gasteiger partial charge is 0.371 e. The van der Waals surface area contributed by atoms with Crippen LogP contribution in [0.2, 0.25) is 0 Å². The Morgan fingerprint density at radius 3 is 2.25 bits per heavy atom. The van der Waals surface area contributed by atoms with Crippen LogP contribution in [0.4, 0.5) is 29.0 Å². The molecule has 4 aromatic rings. The number of rotatable bonds is 7. The average Bonchev–Trinajstić information content (AvgIpc) is 2.90. The zero-order valence-electron chi connectivity index (χ0n) is 20.9. The Hall–Kier alpha value is -4.11. The lowest BCUT2D eigenvalue weighted by molar-refractivity contribution is 0.249. The Morgan fingerprint density at radius 1 is 0.806 bits per heavy atom. The van der Waals surface area contributed by atoms with E-state index in [1.165, 1.54) is 18.5 Å². The molecule has 9 nitrogen and oxygen atoms in total. The number of pyridine rings is 1. The average molecular weight is 482 g/mol. The van der Waals surface area contributed by atoms with E-state index in [9.17, 15) is 0 Å². The van der Waals surface area contributed by atoms with E-state index >= 15 is 0 Å². The lowest BCUT2D eigenvalue weighted by Crippen LogP contribution is -2.41. The van der Waals surface area contributed by atoms with Gasteiger partial charge in [-0.25, -0.2) is 19.9 Å². The fourth-order valence-electron chi connectivity index (χ4n) is 4.36. The summed E-state index contributed by atoms with van der Waals surface area (Å²) in [5.41, 5.74) is 3.84. The number of aromatic nitrogens is 5. The molecular weight excluding hydrogens is 450 g/mol. The van der Waals surface area contributed by atoms with Crippen LogP contribution in [0, 0.1) is 6.92 Å². The molecule has 9 heteroatoms. The monoisotopic (exact) mass is 481 g/mol. The molecule has 1 aliphatic heterocycles. The van der Waals surface area contributed by atoms with Gasteiger partial charge < -0.3 is 20.4 Å². The first kappa shape index (κ1) is 23.6. The van der Waals surface area contributed by atoms with Crippen molar-refractivity contribution in [3.05, 3.63) is 72.7 Å². The summed E-state index contributed by atoms with van der Waals surface area (Å²) in [6.07, 6.45) is 5.80. The van der Waals surface area contributed by atoms with Gasteiger partial charge in [0.15, 0.2) is 5.82 Å². The first-order chi connectivity index (χ1) is 17.5. The highest BCUT2D eigenvalue weighted by Crippen LogP contribution is 2.25. The summed E-state index contributed by atoms with van der Waals surface area (Å²) in [7, 11) is 4.34. The molecular formula is C27H31N9. The second-order valence-corrected chi connectivity index (χ2v) is 9.17. The van der Waals surface area contributed by atoms with Crippen LogP contribution in [-0.2, 0) is 0 Å². The van der Waals surface area contributed by atoms with Gasteiger partial charge in [-0.2, -0.15) is 4.98 Å². The zero-order chi connectivity index (χ0) is 24.9. The molecule has 1 aliphatic rings.